The van der Waals surface area contributed by atoms with E-state index in [4.69, 9.17) is 0 Å². The lowest BCUT2D eigenvalue weighted by Crippen LogP contribution is -2.31. The van der Waals surface area contributed by atoms with E-state index in [0.29, 0.717) is 8.04 Å². The Bertz CT molecular complexity index is 711. The summed E-state index contributed by atoms with van der Waals surface area (Å²) >= 11 is 5.08. The first-order valence-corrected chi connectivity index (χ1v) is 6.78. The molecule has 4 nitrogen and oxygen atoms in total. The van der Waals surface area contributed by atoms with Crippen LogP contribution in [0, 0.1) is 9.39 Å². The van der Waals surface area contributed by atoms with Crippen LogP contribution in [0.3, 0.4) is 0 Å². The standard InChI is InChI=1S/C11H7BrFIN2O2/c12-8-3-7(13)2-1-6(8)4-16-5-9(14)10(17)15-11(16)18/h1-3,5H,4H2,(H,15,17,18). The van der Waals surface area contributed by atoms with Crippen molar-refractivity contribution in [3.05, 3.63) is 64.7 Å². The Morgan fingerprint density at radius 3 is 2.78 bits per heavy atom. The van der Waals surface area contributed by atoms with Crippen molar-refractivity contribution < 1.29 is 4.39 Å². The van der Waals surface area contributed by atoms with Crippen molar-refractivity contribution in [2.75, 3.05) is 0 Å². The zero-order valence-corrected chi connectivity index (χ0v) is 12.7. The second kappa shape index (κ2) is 5.35. The van der Waals surface area contributed by atoms with E-state index in [1.54, 1.807) is 6.07 Å². The number of rotatable bonds is 2. The number of H-pyrrole nitrogens is 1. The van der Waals surface area contributed by atoms with Crippen LogP contribution in [-0.2, 0) is 6.54 Å². The molecule has 0 amide bonds. The van der Waals surface area contributed by atoms with Crippen LogP contribution in [0.15, 0.2) is 38.5 Å². The fourth-order valence-electron chi connectivity index (χ4n) is 1.43. The minimum absolute atomic E-state index is 0.256. The van der Waals surface area contributed by atoms with E-state index in [2.05, 4.69) is 20.9 Å². The first kappa shape index (κ1) is 13.5. The Morgan fingerprint density at radius 1 is 1.39 bits per heavy atom. The number of benzene rings is 1. The second-order valence-corrected chi connectivity index (χ2v) is 5.62. The number of nitrogens with one attached hydrogen (secondary N) is 1. The van der Waals surface area contributed by atoms with Gasteiger partial charge in [-0.1, -0.05) is 22.0 Å². The Morgan fingerprint density at radius 2 is 2.11 bits per heavy atom. The number of hydrogen-bond donors (Lipinski definition) is 1. The number of aromatic nitrogens is 2. The molecule has 1 N–H and O–H groups in total. The summed E-state index contributed by atoms with van der Waals surface area (Å²) in [5, 5.41) is 0. The molecule has 94 valence electrons. The highest BCUT2D eigenvalue weighted by molar-refractivity contribution is 14.1. The summed E-state index contributed by atoms with van der Waals surface area (Å²) in [5.41, 5.74) is -0.145. The number of aromatic amines is 1. The molecule has 1 heterocycles. The van der Waals surface area contributed by atoms with Gasteiger partial charge in [0.05, 0.1) is 10.1 Å². The largest absolute Gasteiger partial charge is 0.328 e. The number of nitrogens with zero attached hydrogens (tertiary/aromatic N) is 1. The summed E-state index contributed by atoms with van der Waals surface area (Å²) in [7, 11) is 0. The van der Waals surface area contributed by atoms with Crippen LogP contribution in [0.2, 0.25) is 0 Å². The van der Waals surface area contributed by atoms with Gasteiger partial charge in [-0.15, -0.1) is 0 Å². The van der Waals surface area contributed by atoms with Crippen LogP contribution in [0.1, 0.15) is 5.56 Å². The lowest BCUT2D eigenvalue weighted by Gasteiger charge is -2.07. The van der Waals surface area contributed by atoms with Crippen molar-refractivity contribution in [1.29, 1.82) is 0 Å². The fourth-order valence-corrected chi connectivity index (χ4v) is 2.38. The zero-order chi connectivity index (χ0) is 13.3. The molecule has 2 aromatic rings. The molecule has 0 aliphatic rings. The number of halogens is 3. The van der Waals surface area contributed by atoms with Crippen molar-refractivity contribution in [3.8, 4) is 0 Å². The summed E-state index contributed by atoms with van der Waals surface area (Å²) in [5.74, 6) is -0.353. The topological polar surface area (TPSA) is 54.9 Å². The fraction of sp³-hybridized carbons (Fsp3) is 0.0909. The average molecular weight is 425 g/mol. The Labute approximate surface area is 123 Å². The maximum atomic E-state index is 12.9. The van der Waals surface area contributed by atoms with Crippen LogP contribution in [0.25, 0.3) is 0 Å². The summed E-state index contributed by atoms with van der Waals surface area (Å²) in [6.45, 7) is 0.256. The average Bonchev–Trinajstić information content (AvgIpc) is 2.29. The molecule has 0 radical (unpaired) electrons. The minimum Gasteiger partial charge on any atom is -0.295 e. The Hall–Kier alpha value is -0.960. The lowest BCUT2D eigenvalue weighted by molar-refractivity contribution is 0.624. The molecule has 7 heteroatoms. The summed E-state index contributed by atoms with van der Waals surface area (Å²) in [6, 6.07) is 4.24. The predicted molar refractivity (Wildman–Crippen MR) is 77.2 cm³/mol. The van der Waals surface area contributed by atoms with Gasteiger partial charge in [-0.2, -0.15) is 0 Å². The SMILES string of the molecule is O=c1[nH]c(=O)n(Cc2ccc(F)cc2Br)cc1I. The third kappa shape index (κ3) is 2.89. The van der Waals surface area contributed by atoms with Gasteiger partial charge in [-0.05, 0) is 40.3 Å². The number of hydrogen-bond acceptors (Lipinski definition) is 2. The van der Waals surface area contributed by atoms with E-state index in [9.17, 15) is 14.0 Å². The normalized spacial score (nSPS) is 10.6. The van der Waals surface area contributed by atoms with Gasteiger partial charge in [0.2, 0.25) is 0 Å². The van der Waals surface area contributed by atoms with Gasteiger partial charge < -0.3 is 0 Å². The van der Waals surface area contributed by atoms with E-state index in [1.807, 2.05) is 22.6 Å². The highest BCUT2D eigenvalue weighted by Crippen LogP contribution is 2.18. The Kier molecular flexibility index (Phi) is 4.00. The van der Waals surface area contributed by atoms with Crippen LogP contribution in [-0.4, -0.2) is 9.55 Å². The highest BCUT2D eigenvalue weighted by atomic mass is 127. The van der Waals surface area contributed by atoms with Gasteiger partial charge in [0, 0.05) is 10.7 Å². The van der Waals surface area contributed by atoms with Gasteiger partial charge in [-0.3, -0.25) is 14.3 Å². The van der Waals surface area contributed by atoms with Crippen LogP contribution in [0.4, 0.5) is 4.39 Å². The molecule has 1 aromatic heterocycles. The molecule has 0 bridgehead atoms. The van der Waals surface area contributed by atoms with Crippen molar-refractivity contribution in [2.45, 2.75) is 6.54 Å². The summed E-state index contributed by atoms with van der Waals surface area (Å²) in [4.78, 5) is 25.0. The maximum absolute atomic E-state index is 12.9. The molecule has 0 saturated heterocycles. The van der Waals surface area contributed by atoms with E-state index in [1.165, 1.54) is 22.9 Å². The molecule has 0 aliphatic carbocycles. The van der Waals surface area contributed by atoms with Crippen LogP contribution < -0.4 is 11.2 Å². The summed E-state index contributed by atoms with van der Waals surface area (Å²) in [6.07, 6.45) is 1.47. The monoisotopic (exact) mass is 424 g/mol. The van der Waals surface area contributed by atoms with E-state index >= 15 is 0 Å². The molecule has 0 spiro atoms. The third-order valence-corrected chi connectivity index (χ3v) is 3.83. The first-order valence-electron chi connectivity index (χ1n) is 4.90. The first-order chi connectivity index (χ1) is 8.47. The van der Waals surface area contributed by atoms with Crippen LogP contribution in [0.5, 0.6) is 0 Å². The molecule has 0 saturated carbocycles. The highest BCUT2D eigenvalue weighted by Gasteiger charge is 2.06. The van der Waals surface area contributed by atoms with Crippen LogP contribution >= 0.6 is 38.5 Å². The zero-order valence-electron chi connectivity index (χ0n) is 8.91. The van der Waals surface area contributed by atoms with E-state index in [-0.39, 0.29) is 12.4 Å². The quantitative estimate of drug-likeness (QED) is 0.750. The lowest BCUT2D eigenvalue weighted by atomic mass is 10.2. The molecule has 18 heavy (non-hydrogen) atoms. The van der Waals surface area contributed by atoms with Gasteiger partial charge in [-0.25, -0.2) is 9.18 Å². The smallest absolute Gasteiger partial charge is 0.295 e. The van der Waals surface area contributed by atoms with E-state index in [0.717, 1.165) is 5.56 Å². The minimum atomic E-state index is -0.489. The van der Waals surface area contributed by atoms with Crippen molar-refractivity contribution in [1.82, 2.24) is 9.55 Å². The predicted octanol–water partition coefficient (Wildman–Crippen LogP) is 2.09. The molecular formula is C11H7BrFIN2O2. The van der Waals surface area contributed by atoms with Gasteiger partial charge in [0.25, 0.3) is 5.56 Å². The Balaban J connectivity index is 2.43. The maximum Gasteiger partial charge on any atom is 0.328 e. The molecule has 0 atom stereocenters. The third-order valence-electron chi connectivity index (χ3n) is 2.32. The summed E-state index contributed by atoms with van der Waals surface area (Å²) < 4.78 is 15.3. The van der Waals surface area contributed by atoms with Gasteiger partial charge in [0.15, 0.2) is 0 Å². The molecule has 0 fully saturated rings. The van der Waals surface area contributed by atoms with Crippen molar-refractivity contribution in [3.63, 3.8) is 0 Å². The van der Waals surface area contributed by atoms with E-state index < -0.39 is 11.2 Å². The van der Waals surface area contributed by atoms with Crippen molar-refractivity contribution in [2.24, 2.45) is 0 Å². The molecule has 0 aliphatic heterocycles. The molecular weight excluding hydrogens is 418 g/mol. The molecule has 0 unspecified atom stereocenters. The van der Waals surface area contributed by atoms with Crippen molar-refractivity contribution >= 4 is 38.5 Å². The van der Waals surface area contributed by atoms with Gasteiger partial charge >= 0.3 is 5.69 Å². The second-order valence-electron chi connectivity index (χ2n) is 3.60. The molecule has 1 aromatic carbocycles. The van der Waals surface area contributed by atoms with Gasteiger partial charge in [0.1, 0.15) is 5.82 Å². The molecule has 2 rings (SSSR count).